The number of carbonyl (C=O) groups is 2. The van der Waals surface area contributed by atoms with Crippen molar-refractivity contribution < 1.29 is 23.8 Å². The Morgan fingerprint density at radius 3 is 2.41 bits per heavy atom. The number of nitrogens with zero attached hydrogens (tertiary/aromatic N) is 3. The molecule has 0 aliphatic carbocycles. The lowest BCUT2D eigenvalue weighted by molar-refractivity contribution is -0.121. The normalized spacial score (nSPS) is 18.0. The van der Waals surface area contributed by atoms with Gasteiger partial charge >= 0.3 is 6.03 Å². The van der Waals surface area contributed by atoms with Crippen LogP contribution in [0, 0.1) is 0 Å². The van der Waals surface area contributed by atoms with Gasteiger partial charge in [0, 0.05) is 30.5 Å². The Morgan fingerprint density at radius 2 is 1.76 bits per heavy atom. The minimum Gasteiger partial charge on any atom is -0.379 e. The zero-order valence-corrected chi connectivity index (χ0v) is 17.2. The highest BCUT2D eigenvalue weighted by atomic mass is 16.5. The van der Waals surface area contributed by atoms with Gasteiger partial charge in [-0.25, -0.2) is 4.79 Å². The molecule has 0 bridgehead atoms. The summed E-state index contributed by atoms with van der Waals surface area (Å²) >= 11 is 0. The Morgan fingerprint density at radius 1 is 1.07 bits per heavy atom. The van der Waals surface area contributed by atoms with Crippen molar-refractivity contribution in [1.82, 2.24) is 16.0 Å². The topological polar surface area (TPSA) is 147 Å². The van der Waals surface area contributed by atoms with Crippen LogP contribution in [0.2, 0.25) is 0 Å². The van der Waals surface area contributed by atoms with E-state index in [1.807, 2.05) is 6.92 Å². The van der Waals surface area contributed by atoms with Gasteiger partial charge < -0.3 is 30.2 Å². The number of amides is 3. The lowest BCUT2D eigenvalue weighted by Gasteiger charge is -2.13. The summed E-state index contributed by atoms with van der Waals surface area (Å²) in [6, 6.07) is 0.262. The van der Waals surface area contributed by atoms with Crippen molar-refractivity contribution in [2.45, 2.75) is 51.1 Å². The van der Waals surface area contributed by atoms with Crippen LogP contribution in [0.25, 0.3) is 10.4 Å². The van der Waals surface area contributed by atoms with Gasteiger partial charge in [0.05, 0.1) is 45.7 Å². The summed E-state index contributed by atoms with van der Waals surface area (Å²) in [4.78, 5) is 25.6. The van der Waals surface area contributed by atoms with Crippen LogP contribution in [0.4, 0.5) is 4.79 Å². The van der Waals surface area contributed by atoms with E-state index in [2.05, 4.69) is 26.0 Å². The third-order valence-corrected chi connectivity index (χ3v) is 4.41. The van der Waals surface area contributed by atoms with Gasteiger partial charge in [-0.3, -0.25) is 4.79 Å². The van der Waals surface area contributed by atoms with Crippen LogP contribution in [0.15, 0.2) is 5.11 Å². The summed E-state index contributed by atoms with van der Waals surface area (Å²) in [5, 5.41) is 11.9. The molecule has 0 saturated carbocycles. The molecule has 1 fully saturated rings. The average molecular weight is 415 g/mol. The molecule has 0 aromatic carbocycles. The minimum absolute atomic E-state index is 0.0342. The van der Waals surface area contributed by atoms with E-state index < -0.39 is 0 Å². The SMILES string of the molecule is CC1NC(=O)NC1CCCCCC(=O)NCCOCCOCCOCCN=[N+]=[N-]. The maximum atomic E-state index is 11.8. The molecule has 3 N–H and O–H groups in total. The highest BCUT2D eigenvalue weighted by molar-refractivity contribution is 5.77. The third-order valence-electron chi connectivity index (χ3n) is 4.41. The molecule has 166 valence electrons. The van der Waals surface area contributed by atoms with Crippen LogP contribution in [0.1, 0.15) is 39.0 Å². The molecule has 0 aromatic rings. The molecule has 29 heavy (non-hydrogen) atoms. The summed E-state index contributed by atoms with van der Waals surface area (Å²) in [7, 11) is 0. The number of azide groups is 1. The molecule has 0 spiro atoms. The van der Waals surface area contributed by atoms with Crippen LogP contribution >= 0.6 is 0 Å². The van der Waals surface area contributed by atoms with Crippen molar-refractivity contribution in [1.29, 1.82) is 0 Å². The van der Waals surface area contributed by atoms with Crippen LogP contribution in [0.5, 0.6) is 0 Å². The van der Waals surface area contributed by atoms with E-state index in [0.29, 0.717) is 59.2 Å². The fourth-order valence-corrected chi connectivity index (χ4v) is 2.83. The maximum absolute atomic E-state index is 11.8. The van der Waals surface area contributed by atoms with Crippen LogP contribution in [-0.2, 0) is 19.0 Å². The first-order chi connectivity index (χ1) is 14.1. The van der Waals surface area contributed by atoms with Gasteiger partial charge in [-0.05, 0) is 25.3 Å². The van der Waals surface area contributed by atoms with Gasteiger partial charge in [-0.2, -0.15) is 0 Å². The highest BCUT2D eigenvalue weighted by Gasteiger charge is 2.26. The Balaban J connectivity index is 1.79. The molecule has 1 rings (SSSR count). The van der Waals surface area contributed by atoms with E-state index in [4.69, 9.17) is 19.7 Å². The molecule has 2 unspecified atom stereocenters. The number of hydrogen-bond donors (Lipinski definition) is 3. The summed E-state index contributed by atoms with van der Waals surface area (Å²) in [5.41, 5.74) is 8.09. The number of urea groups is 1. The average Bonchev–Trinajstić information content (AvgIpc) is 3.02. The number of rotatable bonds is 18. The van der Waals surface area contributed by atoms with Gasteiger partial charge in [0.1, 0.15) is 0 Å². The van der Waals surface area contributed by atoms with Gasteiger partial charge in [-0.15, -0.1) is 0 Å². The second kappa shape index (κ2) is 16.8. The monoisotopic (exact) mass is 414 g/mol. The lowest BCUT2D eigenvalue weighted by Crippen LogP contribution is -2.30. The van der Waals surface area contributed by atoms with E-state index in [1.54, 1.807) is 0 Å². The number of ether oxygens (including phenoxy) is 3. The molecule has 0 radical (unpaired) electrons. The fourth-order valence-electron chi connectivity index (χ4n) is 2.83. The van der Waals surface area contributed by atoms with Crippen LogP contribution in [0.3, 0.4) is 0 Å². The fraction of sp³-hybridized carbons (Fsp3) is 0.889. The van der Waals surface area contributed by atoms with Crippen LogP contribution < -0.4 is 16.0 Å². The molecule has 11 heteroatoms. The van der Waals surface area contributed by atoms with Crippen molar-refractivity contribution >= 4 is 11.9 Å². The smallest absolute Gasteiger partial charge is 0.315 e. The van der Waals surface area contributed by atoms with Crippen LogP contribution in [-0.4, -0.2) is 76.8 Å². The summed E-state index contributed by atoms with van der Waals surface area (Å²) in [6.07, 6.45) is 4.24. The van der Waals surface area contributed by atoms with E-state index in [9.17, 15) is 9.59 Å². The Bertz CT molecular complexity index is 515. The molecular weight excluding hydrogens is 380 g/mol. The summed E-state index contributed by atoms with van der Waals surface area (Å²) < 4.78 is 15.9. The van der Waals surface area contributed by atoms with E-state index in [0.717, 1.165) is 25.7 Å². The number of carbonyl (C=O) groups excluding carboxylic acids is 2. The standard InChI is InChI=1S/C18H34N6O5/c1-15-16(23-18(26)22-15)5-3-2-4-6-17(25)20-7-9-27-11-13-29-14-12-28-10-8-21-24-19/h15-16H,2-14H2,1H3,(H,20,25)(H2,22,23,26). The number of hydrogen-bond acceptors (Lipinski definition) is 6. The van der Waals surface area contributed by atoms with Crippen molar-refractivity contribution in [2.75, 3.05) is 52.7 Å². The second-order valence-corrected chi connectivity index (χ2v) is 6.75. The van der Waals surface area contributed by atoms with Crippen molar-refractivity contribution in [2.24, 2.45) is 5.11 Å². The first-order valence-corrected chi connectivity index (χ1v) is 10.2. The predicted molar refractivity (Wildman–Crippen MR) is 107 cm³/mol. The zero-order chi connectivity index (χ0) is 21.2. The maximum Gasteiger partial charge on any atom is 0.315 e. The van der Waals surface area contributed by atoms with Gasteiger partial charge in [-0.1, -0.05) is 18.0 Å². The number of unbranched alkanes of at least 4 members (excludes halogenated alkanes) is 2. The second-order valence-electron chi connectivity index (χ2n) is 6.75. The molecule has 1 aliphatic heterocycles. The highest BCUT2D eigenvalue weighted by Crippen LogP contribution is 2.11. The van der Waals surface area contributed by atoms with Gasteiger partial charge in [0.15, 0.2) is 0 Å². The Labute approximate surface area is 171 Å². The minimum atomic E-state index is -0.0939. The van der Waals surface area contributed by atoms with E-state index in [-0.39, 0.29) is 24.0 Å². The zero-order valence-electron chi connectivity index (χ0n) is 17.2. The first-order valence-electron chi connectivity index (χ1n) is 10.2. The summed E-state index contributed by atoms with van der Waals surface area (Å²) in [5.74, 6) is 0.0342. The summed E-state index contributed by atoms with van der Waals surface area (Å²) in [6.45, 7) is 5.46. The molecule has 2 atom stereocenters. The van der Waals surface area contributed by atoms with Gasteiger partial charge in [0.2, 0.25) is 5.91 Å². The molecule has 1 heterocycles. The molecule has 0 aromatic heterocycles. The quantitative estimate of drug-likeness (QED) is 0.134. The third kappa shape index (κ3) is 13.7. The number of nitrogens with one attached hydrogen (secondary N) is 3. The van der Waals surface area contributed by atoms with Crippen molar-refractivity contribution in [3.63, 3.8) is 0 Å². The van der Waals surface area contributed by atoms with Gasteiger partial charge in [0.25, 0.3) is 0 Å². The van der Waals surface area contributed by atoms with E-state index >= 15 is 0 Å². The molecule has 1 aliphatic rings. The molecule has 1 saturated heterocycles. The molecule has 3 amide bonds. The molecule has 11 nitrogen and oxygen atoms in total. The Kier molecular flexibility index (Phi) is 14.5. The van der Waals surface area contributed by atoms with Crippen molar-refractivity contribution in [3.8, 4) is 0 Å². The predicted octanol–water partition coefficient (Wildman–Crippen LogP) is 1.48. The lowest BCUT2D eigenvalue weighted by atomic mass is 10.0. The first kappa shape index (κ1) is 25.0. The van der Waals surface area contributed by atoms with Crippen molar-refractivity contribution in [3.05, 3.63) is 10.4 Å². The molecular formula is C18H34N6O5. The largest absolute Gasteiger partial charge is 0.379 e. The Hall–Kier alpha value is -2.07. The van der Waals surface area contributed by atoms with E-state index in [1.165, 1.54) is 0 Å².